The highest BCUT2D eigenvalue weighted by Crippen LogP contribution is 2.37. The van der Waals surface area contributed by atoms with Gasteiger partial charge in [0, 0.05) is 11.8 Å². The van der Waals surface area contributed by atoms with Crippen molar-refractivity contribution in [2.45, 2.75) is 19.5 Å². The van der Waals surface area contributed by atoms with Crippen molar-refractivity contribution in [3.8, 4) is 11.1 Å². The van der Waals surface area contributed by atoms with Gasteiger partial charge in [0.25, 0.3) is 0 Å². The molecule has 0 spiro atoms. The average Bonchev–Trinajstić information content (AvgIpc) is 3.13. The number of amides is 1. The fraction of sp³-hybridized carbons (Fsp3) is 0.235. The molecule has 1 N–H and O–H groups in total. The second-order valence-corrected chi connectivity index (χ2v) is 7.23. The van der Waals surface area contributed by atoms with Crippen LogP contribution < -0.4 is 5.32 Å². The molecule has 3 aromatic rings. The number of halogens is 2. The van der Waals surface area contributed by atoms with Crippen molar-refractivity contribution in [2.24, 2.45) is 5.92 Å². The predicted molar refractivity (Wildman–Crippen MR) is 94.2 cm³/mol. The first kappa shape index (κ1) is 15.5. The molecule has 2 unspecified atom stereocenters. The smallest absolute Gasteiger partial charge is 0.232 e. The molecule has 2 heterocycles. The van der Waals surface area contributed by atoms with E-state index in [2.05, 4.69) is 15.3 Å². The van der Waals surface area contributed by atoms with Gasteiger partial charge in [-0.2, -0.15) is 0 Å². The fourth-order valence-electron chi connectivity index (χ4n) is 2.64. The number of hydrogen-bond acceptors (Lipinski definition) is 4. The highest BCUT2D eigenvalue weighted by Gasteiger charge is 2.43. The van der Waals surface area contributed by atoms with Crippen LogP contribution in [0.2, 0.25) is 5.15 Å². The van der Waals surface area contributed by atoms with Gasteiger partial charge in [-0.05, 0) is 42.7 Å². The van der Waals surface area contributed by atoms with Crippen molar-refractivity contribution in [3.05, 3.63) is 41.2 Å². The maximum atomic E-state index is 13.0. The van der Waals surface area contributed by atoms with Crippen LogP contribution in [0.3, 0.4) is 0 Å². The summed E-state index contributed by atoms with van der Waals surface area (Å²) in [4.78, 5) is 20.3. The molecule has 0 radical (unpaired) electrons. The second kappa shape index (κ2) is 5.79. The minimum atomic E-state index is -1.01. The number of pyridine rings is 1. The van der Waals surface area contributed by atoms with Gasteiger partial charge in [0.1, 0.15) is 11.3 Å². The van der Waals surface area contributed by atoms with Crippen molar-refractivity contribution in [1.82, 2.24) is 9.97 Å². The normalized spacial score (nSPS) is 19.5. The SMILES string of the molecule is Cc1ccnc(Cl)c1-c1ccc2nc(NC(=O)C3CC3F)sc2c1. The van der Waals surface area contributed by atoms with Gasteiger partial charge in [-0.25, -0.2) is 14.4 Å². The third-order valence-corrected chi connectivity index (χ3v) is 5.29. The average molecular weight is 362 g/mol. The Kier molecular flexibility index (Phi) is 3.73. The lowest BCUT2D eigenvalue weighted by molar-refractivity contribution is -0.117. The van der Waals surface area contributed by atoms with Crippen LogP contribution in [0.5, 0.6) is 0 Å². The molecule has 1 aliphatic carbocycles. The summed E-state index contributed by atoms with van der Waals surface area (Å²) in [5, 5.41) is 3.64. The zero-order chi connectivity index (χ0) is 16.8. The Labute approximate surface area is 146 Å². The largest absolute Gasteiger partial charge is 0.302 e. The number of fused-ring (bicyclic) bond motifs is 1. The van der Waals surface area contributed by atoms with E-state index in [4.69, 9.17) is 11.6 Å². The van der Waals surface area contributed by atoms with E-state index in [1.165, 1.54) is 11.3 Å². The molecule has 0 bridgehead atoms. The lowest BCUT2D eigenvalue weighted by atomic mass is 10.0. The minimum Gasteiger partial charge on any atom is -0.302 e. The Balaban J connectivity index is 1.67. The van der Waals surface area contributed by atoms with Gasteiger partial charge in [0.05, 0.1) is 16.1 Å². The van der Waals surface area contributed by atoms with Gasteiger partial charge >= 0.3 is 0 Å². The molecule has 122 valence electrons. The Bertz CT molecular complexity index is 938. The summed E-state index contributed by atoms with van der Waals surface area (Å²) < 4.78 is 13.9. The highest BCUT2D eigenvalue weighted by molar-refractivity contribution is 7.22. The molecule has 4 nitrogen and oxygen atoms in total. The number of carbonyl (C=O) groups excluding carboxylic acids is 1. The molecule has 1 saturated carbocycles. The summed E-state index contributed by atoms with van der Waals surface area (Å²) >= 11 is 7.59. The van der Waals surface area contributed by atoms with E-state index in [0.717, 1.165) is 26.9 Å². The zero-order valence-electron chi connectivity index (χ0n) is 12.7. The van der Waals surface area contributed by atoms with Gasteiger partial charge < -0.3 is 5.32 Å². The number of rotatable bonds is 3. The van der Waals surface area contributed by atoms with E-state index >= 15 is 0 Å². The summed E-state index contributed by atoms with van der Waals surface area (Å²) in [6.45, 7) is 1.98. The number of nitrogens with zero attached hydrogens (tertiary/aromatic N) is 2. The molecular formula is C17H13ClFN3OS. The van der Waals surface area contributed by atoms with Crippen LogP contribution in [0, 0.1) is 12.8 Å². The molecule has 1 amide bonds. The second-order valence-electron chi connectivity index (χ2n) is 5.84. The van der Waals surface area contributed by atoms with Gasteiger partial charge in [0.2, 0.25) is 5.91 Å². The molecule has 2 aromatic heterocycles. The number of aromatic nitrogens is 2. The number of anilines is 1. The van der Waals surface area contributed by atoms with Crippen molar-refractivity contribution in [2.75, 3.05) is 5.32 Å². The third kappa shape index (κ3) is 2.76. The number of alkyl halides is 1. The van der Waals surface area contributed by atoms with E-state index in [1.54, 1.807) is 6.20 Å². The molecule has 4 rings (SSSR count). The van der Waals surface area contributed by atoms with Crippen LogP contribution in [0.1, 0.15) is 12.0 Å². The number of thiazole rings is 1. The first-order chi connectivity index (χ1) is 11.5. The van der Waals surface area contributed by atoms with E-state index in [9.17, 15) is 9.18 Å². The molecule has 7 heteroatoms. The lowest BCUT2D eigenvalue weighted by Crippen LogP contribution is -2.14. The quantitative estimate of drug-likeness (QED) is 0.693. The molecular weight excluding hydrogens is 349 g/mol. The Morgan fingerprint density at radius 2 is 2.21 bits per heavy atom. The first-order valence-electron chi connectivity index (χ1n) is 7.50. The van der Waals surface area contributed by atoms with Crippen LogP contribution in [0.15, 0.2) is 30.5 Å². The number of hydrogen-bond donors (Lipinski definition) is 1. The molecule has 1 aliphatic rings. The predicted octanol–water partition coefficient (Wildman–Crippen LogP) is 4.62. The maximum absolute atomic E-state index is 13.0. The van der Waals surface area contributed by atoms with E-state index < -0.39 is 12.1 Å². The number of benzene rings is 1. The number of carbonyl (C=O) groups is 1. The van der Waals surface area contributed by atoms with Gasteiger partial charge in [-0.1, -0.05) is 29.0 Å². The minimum absolute atomic E-state index is 0.298. The number of aryl methyl sites for hydroxylation is 1. The lowest BCUT2D eigenvalue weighted by Gasteiger charge is -2.07. The summed E-state index contributed by atoms with van der Waals surface area (Å²) in [5.74, 6) is -0.822. The van der Waals surface area contributed by atoms with Crippen LogP contribution in [0.4, 0.5) is 9.52 Å². The molecule has 24 heavy (non-hydrogen) atoms. The van der Waals surface area contributed by atoms with Crippen molar-refractivity contribution < 1.29 is 9.18 Å². The van der Waals surface area contributed by atoms with Crippen molar-refractivity contribution in [3.63, 3.8) is 0 Å². The maximum Gasteiger partial charge on any atom is 0.232 e. The molecule has 0 aliphatic heterocycles. The molecule has 1 fully saturated rings. The van der Waals surface area contributed by atoms with Crippen LogP contribution in [-0.2, 0) is 4.79 Å². The Morgan fingerprint density at radius 1 is 1.42 bits per heavy atom. The molecule has 0 saturated heterocycles. The van der Waals surface area contributed by atoms with E-state index in [-0.39, 0.29) is 5.91 Å². The van der Waals surface area contributed by atoms with Crippen molar-refractivity contribution in [1.29, 1.82) is 0 Å². The first-order valence-corrected chi connectivity index (χ1v) is 8.69. The Hall–Kier alpha value is -2.05. The summed E-state index contributed by atoms with van der Waals surface area (Å²) in [6, 6.07) is 7.71. The summed E-state index contributed by atoms with van der Waals surface area (Å²) in [5.41, 5.74) is 3.66. The summed E-state index contributed by atoms with van der Waals surface area (Å²) in [7, 11) is 0. The van der Waals surface area contributed by atoms with Gasteiger partial charge in [-0.15, -0.1) is 0 Å². The van der Waals surface area contributed by atoms with Gasteiger partial charge in [-0.3, -0.25) is 4.79 Å². The topological polar surface area (TPSA) is 54.9 Å². The third-order valence-electron chi connectivity index (χ3n) is 4.07. The Morgan fingerprint density at radius 3 is 2.92 bits per heavy atom. The molecule has 1 aromatic carbocycles. The van der Waals surface area contributed by atoms with Crippen LogP contribution in [-0.4, -0.2) is 22.0 Å². The standard InChI is InChI=1S/C17H13ClFN3OS/c1-8-4-5-20-15(18)14(8)9-2-3-12-13(6-9)24-17(21-12)22-16(23)10-7-11(10)19/h2-6,10-11H,7H2,1H3,(H,21,22,23). The number of nitrogens with one attached hydrogen (secondary N) is 1. The molecule has 2 atom stereocenters. The van der Waals surface area contributed by atoms with Crippen LogP contribution >= 0.6 is 22.9 Å². The monoisotopic (exact) mass is 361 g/mol. The zero-order valence-corrected chi connectivity index (χ0v) is 14.3. The van der Waals surface area contributed by atoms with E-state index in [1.807, 2.05) is 31.2 Å². The summed E-state index contributed by atoms with van der Waals surface area (Å²) in [6.07, 6.45) is 0.970. The van der Waals surface area contributed by atoms with Crippen molar-refractivity contribution >= 4 is 44.2 Å². The van der Waals surface area contributed by atoms with Crippen LogP contribution in [0.25, 0.3) is 21.3 Å². The highest BCUT2D eigenvalue weighted by atomic mass is 35.5. The van der Waals surface area contributed by atoms with E-state index in [0.29, 0.717) is 16.7 Å². The van der Waals surface area contributed by atoms with Gasteiger partial charge in [0.15, 0.2) is 5.13 Å². The fourth-order valence-corrected chi connectivity index (χ4v) is 3.86.